The van der Waals surface area contributed by atoms with Crippen LogP contribution in [-0.2, 0) is 0 Å². The van der Waals surface area contributed by atoms with Gasteiger partial charge in [0.2, 0.25) is 5.56 Å². The second kappa shape index (κ2) is 6.44. The van der Waals surface area contributed by atoms with E-state index in [1.54, 1.807) is 23.1 Å². The van der Waals surface area contributed by atoms with E-state index < -0.39 is 5.60 Å². The molecule has 1 unspecified atom stereocenters. The molecular formula is C20H20N2O4. The minimum Gasteiger partial charge on any atom is -0.486 e. The Morgan fingerprint density at radius 2 is 1.88 bits per heavy atom. The number of Topliss-reactive ketones (excluding diaryl/α,β-unsaturated/α-hetero) is 1. The molecule has 1 aromatic carbocycles. The minimum absolute atomic E-state index is 0.0963. The first-order valence-electron chi connectivity index (χ1n) is 8.86. The van der Waals surface area contributed by atoms with E-state index in [0.29, 0.717) is 42.9 Å². The Balaban J connectivity index is 1.53. The molecule has 1 fully saturated rings. The van der Waals surface area contributed by atoms with Gasteiger partial charge in [-0.3, -0.25) is 14.4 Å². The van der Waals surface area contributed by atoms with E-state index in [4.69, 9.17) is 4.74 Å². The summed E-state index contributed by atoms with van der Waals surface area (Å²) in [4.78, 5) is 41.0. The molecule has 0 saturated carbocycles. The molecule has 2 aliphatic heterocycles. The monoisotopic (exact) mass is 352 g/mol. The lowest BCUT2D eigenvalue weighted by Gasteiger charge is -2.37. The topological polar surface area (TPSA) is 79.5 Å². The number of pyridine rings is 1. The van der Waals surface area contributed by atoms with E-state index in [-0.39, 0.29) is 17.2 Å². The van der Waals surface area contributed by atoms with Crippen LogP contribution >= 0.6 is 0 Å². The van der Waals surface area contributed by atoms with Crippen molar-refractivity contribution in [2.75, 3.05) is 13.1 Å². The van der Waals surface area contributed by atoms with Crippen LogP contribution < -0.4 is 10.3 Å². The van der Waals surface area contributed by atoms with Crippen LogP contribution in [-0.4, -0.2) is 40.3 Å². The molecule has 6 heteroatoms. The molecule has 1 saturated heterocycles. The smallest absolute Gasteiger partial charge is 0.270 e. The zero-order valence-corrected chi connectivity index (χ0v) is 14.4. The summed E-state index contributed by atoms with van der Waals surface area (Å²) in [5, 5.41) is 0. The van der Waals surface area contributed by atoms with Crippen molar-refractivity contribution in [1.82, 2.24) is 9.88 Å². The number of aromatic amines is 1. The van der Waals surface area contributed by atoms with Crippen molar-refractivity contribution in [2.24, 2.45) is 0 Å². The van der Waals surface area contributed by atoms with E-state index in [2.05, 4.69) is 4.98 Å². The molecule has 1 aromatic heterocycles. The lowest BCUT2D eigenvalue weighted by atomic mass is 9.84. The molecule has 4 rings (SSSR count). The Labute approximate surface area is 150 Å². The van der Waals surface area contributed by atoms with Crippen LogP contribution in [0.3, 0.4) is 0 Å². The highest BCUT2D eigenvalue weighted by atomic mass is 16.5. The first kappa shape index (κ1) is 16.6. The molecule has 6 nitrogen and oxygen atoms in total. The number of hydrogen-bond donors (Lipinski definition) is 1. The number of likely N-dealkylation sites (tertiary alicyclic amines) is 1. The second-order valence-corrected chi connectivity index (χ2v) is 6.96. The molecule has 3 heterocycles. The number of H-pyrrole nitrogens is 1. The summed E-state index contributed by atoms with van der Waals surface area (Å²) in [6, 6.07) is 11.9. The lowest BCUT2D eigenvalue weighted by Crippen LogP contribution is -2.43. The number of benzene rings is 1. The number of nitrogens with one attached hydrogen (secondary N) is 1. The van der Waals surface area contributed by atoms with Crippen LogP contribution in [0.15, 0.2) is 47.3 Å². The number of carbonyl (C=O) groups excluding carboxylic acids is 2. The Morgan fingerprint density at radius 1 is 1.04 bits per heavy atom. The molecule has 0 bridgehead atoms. The first-order chi connectivity index (χ1) is 12.6. The van der Waals surface area contributed by atoms with Gasteiger partial charge < -0.3 is 14.6 Å². The van der Waals surface area contributed by atoms with E-state index >= 15 is 0 Å². The lowest BCUT2D eigenvalue weighted by molar-refractivity contribution is 0.0300. The predicted octanol–water partition coefficient (Wildman–Crippen LogP) is 2.41. The number of rotatable bonds is 1. The fraction of sp³-hybridized carbons (Fsp3) is 0.350. The van der Waals surface area contributed by atoms with Gasteiger partial charge in [0.1, 0.15) is 17.0 Å². The van der Waals surface area contributed by atoms with Crippen molar-refractivity contribution in [1.29, 1.82) is 0 Å². The number of aromatic nitrogens is 1. The minimum atomic E-state index is -0.551. The van der Waals surface area contributed by atoms with Crippen LogP contribution in [0.2, 0.25) is 0 Å². The molecule has 1 N–H and O–H groups in total. The van der Waals surface area contributed by atoms with Crippen LogP contribution in [0, 0.1) is 0 Å². The third kappa shape index (κ3) is 3.03. The number of para-hydroxylation sites is 1. The summed E-state index contributed by atoms with van der Waals surface area (Å²) in [5.74, 6) is 0.539. The van der Waals surface area contributed by atoms with Gasteiger partial charge in [0, 0.05) is 25.6 Å². The highest BCUT2D eigenvalue weighted by Crippen LogP contribution is 2.39. The summed E-state index contributed by atoms with van der Waals surface area (Å²) in [7, 11) is 0. The van der Waals surface area contributed by atoms with Gasteiger partial charge in [-0.25, -0.2) is 0 Å². The molecule has 26 heavy (non-hydrogen) atoms. The van der Waals surface area contributed by atoms with Crippen LogP contribution in [0.1, 0.15) is 46.5 Å². The fourth-order valence-electron chi connectivity index (χ4n) is 3.84. The fourth-order valence-corrected chi connectivity index (χ4v) is 3.84. The van der Waals surface area contributed by atoms with Crippen molar-refractivity contribution >= 4 is 11.7 Å². The maximum atomic E-state index is 12.7. The molecule has 0 aliphatic carbocycles. The normalized spacial score (nSPS) is 22.5. The average Bonchev–Trinajstić information content (AvgIpc) is 2.83. The number of fused-ring (bicyclic) bond motifs is 1. The van der Waals surface area contributed by atoms with Gasteiger partial charge in [-0.15, -0.1) is 0 Å². The molecule has 0 radical (unpaired) electrons. The van der Waals surface area contributed by atoms with Gasteiger partial charge in [-0.05, 0) is 31.0 Å². The highest BCUT2D eigenvalue weighted by Gasteiger charge is 2.42. The third-order valence-electron chi connectivity index (χ3n) is 5.18. The van der Waals surface area contributed by atoms with Crippen LogP contribution in [0.25, 0.3) is 0 Å². The van der Waals surface area contributed by atoms with Crippen molar-refractivity contribution in [3.63, 3.8) is 0 Å². The van der Waals surface area contributed by atoms with Crippen LogP contribution in [0.4, 0.5) is 0 Å². The van der Waals surface area contributed by atoms with Crippen molar-refractivity contribution < 1.29 is 14.3 Å². The highest BCUT2D eigenvalue weighted by molar-refractivity contribution is 6.00. The zero-order chi connectivity index (χ0) is 18.1. The molecule has 1 atom stereocenters. The van der Waals surface area contributed by atoms with Crippen molar-refractivity contribution in [3.05, 3.63) is 64.1 Å². The number of nitrogens with zero attached hydrogens (tertiary/aromatic N) is 1. The first-order valence-corrected chi connectivity index (χ1v) is 8.86. The summed E-state index contributed by atoms with van der Waals surface area (Å²) in [6.45, 7) is 1.07. The molecule has 1 spiro atoms. The standard InChI is InChI=1S/C20H20N2O4/c23-16-13-20(26-17-7-2-1-5-14(16)17)9-4-11-22(12-10-20)19(25)15-6-3-8-18(24)21-15/h1-3,5-8H,4,9-13H2,(H,21,24). The maximum Gasteiger partial charge on any atom is 0.270 e. The molecular weight excluding hydrogens is 332 g/mol. The average molecular weight is 352 g/mol. The number of ketones is 1. The van der Waals surface area contributed by atoms with Crippen molar-refractivity contribution in [2.45, 2.75) is 31.3 Å². The largest absolute Gasteiger partial charge is 0.486 e. The van der Waals surface area contributed by atoms with E-state index in [0.717, 1.165) is 12.8 Å². The SMILES string of the molecule is O=C1CC2(CCCN(C(=O)c3cccc(=O)[nH]3)CC2)Oc2ccccc21. The van der Waals surface area contributed by atoms with Gasteiger partial charge in [0.25, 0.3) is 5.91 Å². The zero-order valence-electron chi connectivity index (χ0n) is 14.4. The number of hydrogen-bond acceptors (Lipinski definition) is 4. The van der Waals surface area contributed by atoms with Crippen molar-refractivity contribution in [3.8, 4) is 5.75 Å². The van der Waals surface area contributed by atoms with Gasteiger partial charge in [-0.1, -0.05) is 18.2 Å². The summed E-state index contributed by atoms with van der Waals surface area (Å²) in [5.41, 5.74) is 0.0847. The molecule has 2 aliphatic rings. The van der Waals surface area contributed by atoms with Gasteiger partial charge >= 0.3 is 0 Å². The number of amides is 1. The predicted molar refractivity (Wildman–Crippen MR) is 95.6 cm³/mol. The number of ether oxygens (including phenoxy) is 1. The summed E-state index contributed by atoms with van der Waals surface area (Å²) in [6.07, 6.45) is 2.41. The van der Waals surface area contributed by atoms with E-state index in [1.807, 2.05) is 18.2 Å². The molecule has 1 amide bonds. The Kier molecular flexibility index (Phi) is 4.11. The van der Waals surface area contributed by atoms with Crippen LogP contribution in [0.5, 0.6) is 5.75 Å². The second-order valence-electron chi connectivity index (χ2n) is 6.96. The quantitative estimate of drug-likeness (QED) is 0.855. The Bertz CT molecular complexity index is 920. The summed E-state index contributed by atoms with van der Waals surface area (Å²) < 4.78 is 6.25. The Morgan fingerprint density at radius 3 is 2.73 bits per heavy atom. The third-order valence-corrected chi connectivity index (χ3v) is 5.18. The maximum absolute atomic E-state index is 12.7. The van der Waals surface area contributed by atoms with Gasteiger partial charge in [0.05, 0.1) is 12.0 Å². The Hall–Kier alpha value is -2.89. The van der Waals surface area contributed by atoms with Gasteiger partial charge in [-0.2, -0.15) is 0 Å². The van der Waals surface area contributed by atoms with E-state index in [1.165, 1.54) is 6.07 Å². The molecule has 134 valence electrons. The summed E-state index contributed by atoms with van der Waals surface area (Å²) >= 11 is 0. The molecule has 2 aromatic rings. The van der Waals surface area contributed by atoms with Gasteiger partial charge in [0.15, 0.2) is 5.78 Å². The number of carbonyl (C=O) groups is 2. The van der Waals surface area contributed by atoms with E-state index in [9.17, 15) is 14.4 Å².